The quantitative estimate of drug-likeness (QED) is 0.707. The van der Waals surface area contributed by atoms with E-state index in [0.717, 1.165) is 22.6 Å². The lowest BCUT2D eigenvalue weighted by atomic mass is 10.0. The average molecular weight is 422 g/mol. The van der Waals surface area contributed by atoms with Gasteiger partial charge in [0.25, 0.3) is 11.8 Å². The van der Waals surface area contributed by atoms with Crippen LogP contribution in [0.25, 0.3) is 0 Å². The van der Waals surface area contributed by atoms with Gasteiger partial charge in [0.2, 0.25) is 0 Å². The number of thioether (sulfide) groups is 1. The molecule has 2 aliphatic rings. The summed E-state index contributed by atoms with van der Waals surface area (Å²) < 4.78 is 40.9. The summed E-state index contributed by atoms with van der Waals surface area (Å²) >= 11 is 1.56. The fourth-order valence-electron chi connectivity index (χ4n) is 3.60. The Labute approximate surface area is 169 Å². The zero-order valence-corrected chi connectivity index (χ0v) is 15.9. The molecule has 2 fully saturated rings. The van der Waals surface area contributed by atoms with Crippen molar-refractivity contribution in [2.24, 2.45) is 0 Å². The first-order valence-corrected chi connectivity index (χ1v) is 10.1. The highest BCUT2D eigenvalue weighted by atomic mass is 32.2. The van der Waals surface area contributed by atoms with Crippen LogP contribution in [0.2, 0.25) is 0 Å². The van der Waals surface area contributed by atoms with Crippen LogP contribution in [0.1, 0.15) is 5.56 Å². The summed E-state index contributed by atoms with van der Waals surface area (Å²) in [5.74, 6) is -0.0139. The predicted octanol–water partition coefficient (Wildman–Crippen LogP) is 3.44. The number of amides is 2. The number of nitrogens with zero attached hydrogens (tertiary/aromatic N) is 2. The minimum absolute atomic E-state index is 0.246. The molecule has 152 valence electrons. The zero-order chi connectivity index (χ0) is 20.6. The largest absolute Gasteiger partial charge is 0.573 e. The molecule has 2 unspecified atom stereocenters. The number of rotatable bonds is 4. The number of hydrogen-bond acceptors (Lipinski definition) is 5. The maximum absolute atomic E-state index is 13.1. The standard InChI is InChI=1S/C20H17F3N2O3S/c21-20(22,23)28-15-8-6-14(7-9-15)25-18(26)16-11-29-12-17(19(25)27)24(16)10-13-4-2-1-3-5-13/h1-9,16-17H,10-12H2. The van der Waals surface area contributed by atoms with Crippen molar-refractivity contribution >= 4 is 29.3 Å². The number of alkyl halides is 3. The fraction of sp³-hybridized carbons (Fsp3) is 0.300. The van der Waals surface area contributed by atoms with Gasteiger partial charge < -0.3 is 4.74 Å². The van der Waals surface area contributed by atoms with Gasteiger partial charge in [-0.1, -0.05) is 30.3 Å². The lowest BCUT2D eigenvalue weighted by Crippen LogP contribution is -2.68. The zero-order valence-electron chi connectivity index (χ0n) is 15.1. The Hall–Kier alpha value is -2.52. The van der Waals surface area contributed by atoms with E-state index in [9.17, 15) is 22.8 Å². The highest BCUT2D eigenvalue weighted by Crippen LogP contribution is 2.34. The number of hydrogen-bond donors (Lipinski definition) is 0. The second-order valence-electron chi connectivity index (χ2n) is 6.78. The van der Waals surface area contributed by atoms with Gasteiger partial charge in [-0.05, 0) is 29.8 Å². The second kappa shape index (κ2) is 7.72. The number of carbonyl (C=O) groups excluding carboxylic acids is 2. The Kier molecular flexibility index (Phi) is 5.26. The van der Waals surface area contributed by atoms with Gasteiger partial charge in [0.15, 0.2) is 0 Å². The van der Waals surface area contributed by atoms with Crippen molar-refractivity contribution in [1.82, 2.24) is 4.90 Å². The Morgan fingerprint density at radius 1 is 0.931 bits per heavy atom. The third-order valence-corrected chi connectivity index (χ3v) is 6.00. The lowest BCUT2D eigenvalue weighted by Gasteiger charge is -2.47. The third-order valence-electron chi connectivity index (χ3n) is 4.90. The van der Waals surface area contributed by atoms with Gasteiger partial charge >= 0.3 is 6.36 Å². The predicted molar refractivity (Wildman–Crippen MR) is 103 cm³/mol. The van der Waals surface area contributed by atoms with Gasteiger partial charge in [-0.25, -0.2) is 4.90 Å². The molecule has 0 radical (unpaired) electrons. The summed E-state index contributed by atoms with van der Waals surface area (Å²) in [5.41, 5.74) is 1.26. The number of anilines is 1. The number of carbonyl (C=O) groups is 2. The number of halogens is 3. The van der Waals surface area contributed by atoms with Gasteiger partial charge in [0.05, 0.1) is 5.69 Å². The smallest absolute Gasteiger partial charge is 0.406 e. The lowest BCUT2D eigenvalue weighted by molar-refractivity contribution is -0.274. The van der Waals surface area contributed by atoms with Crippen LogP contribution in [0.3, 0.4) is 0 Å². The minimum atomic E-state index is -4.80. The first kappa shape index (κ1) is 19.8. The van der Waals surface area contributed by atoms with Gasteiger partial charge in [-0.2, -0.15) is 11.8 Å². The molecule has 0 spiro atoms. The first-order chi connectivity index (χ1) is 13.8. The van der Waals surface area contributed by atoms with E-state index in [0.29, 0.717) is 18.1 Å². The summed E-state index contributed by atoms with van der Waals surface area (Å²) in [6.07, 6.45) is -4.80. The summed E-state index contributed by atoms with van der Waals surface area (Å²) in [6.45, 7) is 0.487. The molecule has 2 saturated heterocycles. The van der Waals surface area contributed by atoms with Crippen molar-refractivity contribution in [3.8, 4) is 5.75 Å². The third kappa shape index (κ3) is 4.11. The van der Waals surface area contributed by atoms with E-state index >= 15 is 0 Å². The SMILES string of the molecule is O=C1C2CSCC(C(=O)N1c1ccc(OC(F)(F)F)cc1)N2Cc1ccccc1. The van der Waals surface area contributed by atoms with Crippen LogP contribution in [0.5, 0.6) is 5.75 Å². The molecule has 2 atom stereocenters. The Bertz CT molecular complexity index is 881. The fourth-order valence-corrected chi connectivity index (χ4v) is 4.85. The van der Waals surface area contributed by atoms with E-state index in [4.69, 9.17) is 0 Å². The topological polar surface area (TPSA) is 49.9 Å². The maximum Gasteiger partial charge on any atom is 0.573 e. The van der Waals surface area contributed by atoms with E-state index in [2.05, 4.69) is 4.74 Å². The molecular formula is C20H17F3N2O3S. The molecule has 0 saturated carbocycles. The molecule has 2 amide bonds. The van der Waals surface area contributed by atoms with E-state index < -0.39 is 24.2 Å². The van der Waals surface area contributed by atoms with Gasteiger partial charge in [0.1, 0.15) is 17.8 Å². The Morgan fingerprint density at radius 2 is 1.52 bits per heavy atom. The van der Waals surface area contributed by atoms with Crippen molar-refractivity contribution in [2.75, 3.05) is 16.4 Å². The Morgan fingerprint density at radius 3 is 2.07 bits per heavy atom. The number of benzene rings is 2. The summed E-state index contributed by atoms with van der Waals surface area (Å²) in [5, 5.41) is 0. The monoisotopic (exact) mass is 422 g/mol. The number of fused-ring (bicyclic) bond motifs is 2. The molecule has 0 N–H and O–H groups in total. The molecule has 2 heterocycles. The van der Waals surface area contributed by atoms with E-state index in [-0.39, 0.29) is 17.5 Å². The molecule has 9 heteroatoms. The van der Waals surface area contributed by atoms with Crippen LogP contribution in [0.4, 0.5) is 18.9 Å². The summed E-state index contributed by atoms with van der Waals surface area (Å²) in [7, 11) is 0. The average Bonchev–Trinajstić information content (AvgIpc) is 2.68. The molecule has 0 aromatic heterocycles. The highest BCUT2D eigenvalue weighted by molar-refractivity contribution is 7.99. The molecule has 4 rings (SSSR count). The normalized spacial score (nSPS) is 22.7. The molecule has 2 bridgehead atoms. The van der Waals surface area contributed by atoms with Crippen LogP contribution in [-0.2, 0) is 16.1 Å². The summed E-state index contributed by atoms with van der Waals surface area (Å²) in [4.78, 5) is 29.2. The van der Waals surface area contributed by atoms with Gasteiger partial charge in [-0.15, -0.1) is 13.2 Å². The summed E-state index contributed by atoms with van der Waals surface area (Å²) in [6, 6.07) is 13.5. The van der Waals surface area contributed by atoms with Crippen molar-refractivity contribution in [3.63, 3.8) is 0 Å². The van der Waals surface area contributed by atoms with Crippen LogP contribution in [0, 0.1) is 0 Å². The van der Waals surface area contributed by atoms with Crippen molar-refractivity contribution in [3.05, 3.63) is 60.2 Å². The number of piperazine rings is 1. The van der Waals surface area contributed by atoms with E-state index in [1.54, 1.807) is 11.8 Å². The number of ether oxygens (including phenoxy) is 1. The molecule has 29 heavy (non-hydrogen) atoms. The van der Waals surface area contributed by atoms with Crippen molar-refractivity contribution in [1.29, 1.82) is 0 Å². The van der Waals surface area contributed by atoms with Crippen LogP contribution in [0.15, 0.2) is 54.6 Å². The molecule has 0 aliphatic carbocycles. The molecule has 5 nitrogen and oxygen atoms in total. The minimum Gasteiger partial charge on any atom is -0.406 e. The highest BCUT2D eigenvalue weighted by Gasteiger charge is 2.49. The van der Waals surface area contributed by atoms with Crippen LogP contribution >= 0.6 is 11.8 Å². The molecule has 2 aromatic rings. The molecule has 2 aliphatic heterocycles. The van der Waals surface area contributed by atoms with E-state index in [1.165, 1.54) is 12.1 Å². The van der Waals surface area contributed by atoms with Crippen LogP contribution < -0.4 is 9.64 Å². The molecule has 2 aromatic carbocycles. The van der Waals surface area contributed by atoms with Crippen LogP contribution in [-0.4, -0.2) is 46.7 Å². The first-order valence-electron chi connectivity index (χ1n) is 8.94. The van der Waals surface area contributed by atoms with Crippen molar-refractivity contribution < 1.29 is 27.5 Å². The van der Waals surface area contributed by atoms with Gasteiger partial charge in [0, 0.05) is 18.1 Å². The molecular weight excluding hydrogens is 405 g/mol. The van der Waals surface area contributed by atoms with Gasteiger partial charge in [-0.3, -0.25) is 14.5 Å². The maximum atomic E-state index is 13.1. The second-order valence-corrected chi connectivity index (χ2v) is 7.86. The number of imide groups is 1. The van der Waals surface area contributed by atoms with E-state index in [1.807, 2.05) is 35.2 Å². The Balaban J connectivity index is 1.58. The van der Waals surface area contributed by atoms with Crippen molar-refractivity contribution in [2.45, 2.75) is 25.0 Å².